The van der Waals surface area contributed by atoms with Crippen LogP contribution in [0.5, 0.6) is 5.75 Å². The monoisotopic (exact) mass is 222 g/mol. The molecule has 0 aliphatic heterocycles. The Hall–Kier alpha value is -1.55. The topological polar surface area (TPSA) is 68.3 Å². The highest BCUT2D eigenvalue weighted by atomic mass is 16.5. The molecule has 1 aromatic carbocycles. The minimum atomic E-state index is 0.0506. The van der Waals surface area contributed by atoms with Crippen molar-refractivity contribution in [2.45, 2.75) is 13.8 Å². The van der Waals surface area contributed by atoms with Crippen LogP contribution in [-0.2, 0) is 4.74 Å². The molecule has 0 aliphatic rings. The Morgan fingerprint density at radius 3 is 2.75 bits per heavy atom. The van der Waals surface area contributed by atoms with Crippen LogP contribution in [0, 0.1) is 12.3 Å². The summed E-state index contributed by atoms with van der Waals surface area (Å²) >= 11 is 0. The summed E-state index contributed by atoms with van der Waals surface area (Å²) in [6.45, 7) is 5.67. The van der Waals surface area contributed by atoms with E-state index in [-0.39, 0.29) is 5.84 Å². The number of hydrogen-bond acceptors (Lipinski definition) is 3. The minimum absolute atomic E-state index is 0.0506. The molecule has 0 fully saturated rings. The van der Waals surface area contributed by atoms with E-state index in [1.807, 2.05) is 26.0 Å². The number of nitrogens with two attached hydrogens (primary N) is 1. The molecular weight excluding hydrogens is 204 g/mol. The summed E-state index contributed by atoms with van der Waals surface area (Å²) in [7, 11) is 0. The average molecular weight is 222 g/mol. The molecule has 0 spiro atoms. The van der Waals surface area contributed by atoms with E-state index in [0.717, 1.165) is 11.3 Å². The summed E-state index contributed by atoms with van der Waals surface area (Å²) in [6, 6.07) is 5.49. The van der Waals surface area contributed by atoms with Gasteiger partial charge in [0.25, 0.3) is 0 Å². The number of amidine groups is 1. The van der Waals surface area contributed by atoms with Crippen molar-refractivity contribution in [2.75, 3.05) is 19.8 Å². The lowest BCUT2D eigenvalue weighted by atomic mass is 10.1. The molecule has 0 aliphatic carbocycles. The smallest absolute Gasteiger partial charge is 0.123 e. The van der Waals surface area contributed by atoms with Crippen LogP contribution in [0.4, 0.5) is 0 Å². The highest BCUT2D eigenvalue weighted by Gasteiger charge is 2.03. The van der Waals surface area contributed by atoms with E-state index in [0.29, 0.717) is 25.4 Å². The fourth-order valence-electron chi connectivity index (χ4n) is 1.28. The largest absolute Gasteiger partial charge is 0.491 e. The third kappa shape index (κ3) is 3.55. The van der Waals surface area contributed by atoms with Gasteiger partial charge in [0.1, 0.15) is 18.2 Å². The Morgan fingerprint density at radius 2 is 2.12 bits per heavy atom. The minimum Gasteiger partial charge on any atom is -0.491 e. The Bertz CT molecular complexity index is 364. The van der Waals surface area contributed by atoms with Crippen molar-refractivity contribution in [1.29, 1.82) is 5.41 Å². The van der Waals surface area contributed by atoms with Gasteiger partial charge in [0.2, 0.25) is 0 Å². The highest BCUT2D eigenvalue weighted by Crippen LogP contribution is 2.19. The molecule has 3 N–H and O–H groups in total. The maximum absolute atomic E-state index is 7.34. The molecule has 0 saturated carbocycles. The first-order valence-electron chi connectivity index (χ1n) is 5.30. The highest BCUT2D eigenvalue weighted by molar-refractivity contribution is 5.95. The van der Waals surface area contributed by atoms with Gasteiger partial charge < -0.3 is 15.2 Å². The van der Waals surface area contributed by atoms with Crippen LogP contribution >= 0.6 is 0 Å². The van der Waals surface area contributed by atoms with Gasteiger partial charge in [-0.2, -0.15) is 0 Å². The van der Waals surface area contributed by atoms with Crippen LogP contribution in [0.3, 0.4) is 0 Å². The van der Waals surface area contributed by atoms with Gasteiger partial charge in [0.15, 0.2) is 0 Å². The van der Waals surface area contributed by atoms with Gasteiger partial charge in [-0.3, -0.25) is 5.41 Å². The molecule has 0 heterocycles. The lowest BCUT2D eigenvalue weighted by Gasteiger charge is -2.10. The Morgan fingerprint density at radius 1 is 1.38 bits per heavy atom. The Labute approximate surface area is 95.9 Å². The lowest BCUT2D eigenvalue weighted by molar-refractivity contribution is 0.110. The van der Waals surface area contributed by atoms with Crippen molar-refractivity contribution in [1.82, 2.24) is 0 Å². The number of nitrogen functional groups attached to an aromatic ring is 1. The lowest BCUT2D eigenvalue weighted by Crippen LogP contribution is -2.12. The molecule has 1 rings (SSSR count). The molecule has 0 unspecified atom stereocenters. The third-order valence-electron chi connectivity index (χ3n) is 2.19. The first kappa shape index (κ1) is 12.5. The van der Waals surface area contributed by atoms with Crippen molar-refractivity contribution < 1.29 is 9.47 Å². The van der Waals surface area contributed by atoms with Crippen molar-refractivity contribution in [3.05, 3.63) is 29.3 Å². The number of hydrogen-bond donors (Lipinski definition) is 2. The predicted octanol–water partition coefficient (Wildman–Crippen LogP) is 1.69. The van der Waals surface area contributed by atoms with Gasteiger partial charge >= 0.3 is 0 Å². The summed E-state index contributed by atoms with van der Waals surface area (Å²) in [4.78, 5) is 0. The standard InChI is InChI=1S/C12H18N2O2/c1-3-15-6-7-16-11-8-10(12(13)14)5-4-9(11)2/h4-5,8H,3,6-7H2,1-2H3,(H3,13,14). The van der Waals surface area contributed by atoms with Gasteiger partial charge in [-0.25, -0.2) is 0 Å². The predicted molar refractivity (Wildman–Crippen MR) is 64.2 cm³/mol. The average Bonchev–Trinajstić information content (AvgIpc) is 2.26. The Kier molecular flexibility index (Phi) is 4.79. The quantitative estimate of drug-likeness (QED) is 0.437. The second-order valence-corrected chi connectivity index (χ2v) is 3.44. The molecular formula is C12H18N2O2. The van der Waals surface area contributed by atoms with Crippen LogP contribution in [-0.4, -0.2) is 25.7 Å². The van der Waals surface area contributed by atoms with Crippen molar-refractivity contribution in [3.8, 4) is 5.75 Å². The van der Waals surface area contributed by atoms with Crippen LogP contribution in [0.25, 0.3) is 0 Å². The molecule has 0 saturated heterocycles. The van der Waals surface area contributed by atoms with Gasteiger partial charge in [-0.15, -0.1) is 0 Å². The van der Waals surface area contributed by atoms with Crippen LogP contribution < -0.4 is 10.5 Å². The number of benzene rings is 1. The van der Waals surface area contributed by atoms with E-state index < -0.39 is 0 Å². The maximum atomic E-state index is 7.34. The molecule has 16 heavy (non-hydrogen) atoms. The summed E-state index contributed by atoms with van der Waals surface area (Å²) in [5, 5.41) is 7.34. The summed E-state index contributed by atoms with van der Waals surface area (Å²) < 4.78 is 10.7. The molecule has 4 nitrogen and oxygen atoms in total. The van der Waals surface area contributed by atoms with Crippen LogP contribution in [0.1, 0.15) is 18.1 Å². The van der Waals surface area contributed by atoms with E-state index in [4.69, 9.17) is 20.6 Å². The van der Waals surface area contributed by atoms with E-state index in [1.165, 1.54) is 0 Å². The number of nitrogens with one attached hydrogen (secondary N) is 1. The molecule has 0 aromatic heterocycles. The SMILES string of the molecule is CCOCCOc1cc(C(=N)N)ccc1C. The summed E-state index contributed by atoms with van der Waals surface area (Å²) in [5.41, 5.74) is 7.12. The van der Waals surface area contributed by atoms with Crippen LogP contribution in [0.15, 0.2) is 18.2 Å². The molecule has 0 amide bonds. The van der Waals surface area contributed by atoms with Crippen molar-refractivity contribution in [2.24, 2.45) is 5.73 Å². The van der Waals surface area contributed by atoms with E-state index >= 15 is 0 Å². The zero-order valence-corrected chi connectivity index (χ0v) is 9.75. The van der Waals surface area contributed by atoms with Gasteiger partial charge in [-0.1, -0.05) is 12.1 Å². The number of rotatable bonds is 6. The normalized spacial score (nSPS) is 10.1. The molecule has 88 valence electrons. The Balaban J connectivity index is 2.63. The fourth-order valence-corrected chi connectivity index (χ4v) is 1.28. The number of aryl methyl sites for hydroxylation is 1. The zero-order valence-electron chi connectivity index (χ0n) is 9.75. The second-order valence-electron chi connectivity index (χ2n) is 3.44. The first-order chi connectivity index (χ1) is 7.65. The van der Waals surface area contributed by atoms with E-state index in [9.17, 15) is 0 Å². The van der Waals surface area contributed by atoms with Crippen molar-refractivity contribution in [3.63, 3.8) is 0 Å². The second kappa shape index (κ2) is 6.12. The van der Waals surface area contributed by atoms with Gasteiger partial charge in [0, 0.05) is 12.2 Å². The third-order valence-corrected chi connectivity index (χ3v) is 2.19. The summed E-state index contributed by atoms with van der Waals surface area (Å²) in [6.07, 6.45) is 0. The maximum Gasteiger partial charge on any atom is 0.123 e. The van der Waals surface area contributed by atoms with Gasteiger partial charge in [0.05, 0.1) is 6.61 Å². The van der Waals surface area contributed by atoms with Crippen molar-refractivity contribution >= 4 is 5.84 Å². The summed E-state index contributed by atoms with van der Waals surface area (Å²) in [5.74, 6) is 0.807. The first-order valence-corrected chi connectivity index (χ1v) is 5.30. The fraction of sp³-hybridized carbons (Fsp3) is 0.417. The molecule has 0 radical (unpaired) electrons. The number of ether oxygens (including phenoxy) is 2. The molecule has 4 heteroatoms. The van der Waals surface area contributed by atoms with E-state index in [1.54, 1.807) is 6.07 Å². The molecule has 1 aromatic rings. The van der Waals surface area contributed by atoms with Gasteiger partial charge in [-0.05, 0) is 25.5 Å². The molecule has 0 bridgehead atoms. The van der Waals surface area contributed by atoms with E-state index in [2.05, 4.69) is 0 Å². The van der Waals surface area contributed by atoms with Crippen LogP contribution in [0.2, 0.25) is 0 Å². The molecule has 0 atom stereocenters. The zero-order chi connectivity index (χ0) is 12.0.